The monoisotopic (exact) mass is 349 g/mol. The third-order valence-electron chi connectivity index (χ3n) is 3.43. The number of amides is 1. The normalized spacial score (nSPS) is 12.3. The predicted octanol–water partition coefficient (Wildman–Crippen LogP) is 2.05. The average Bonchev–Trinajstić information content (AvgIpc) is 2.56. The lowest BCUT2D eigenvalue weighted by molar-refractivity contribution is -0.119. The molecular weight excluding hydrogens is 326 g/mol. The van der Waals surface area contributed by atoms with Crippen LogP contribution in [0.2, 0.25) is 0 Å². The lowest BCUT2D eigenvalue weighted by Crippen LogP contribution is -2.36. The fourth-order valence-corrected chi connectivity index (χ4v) is 3.25. The molecule has 24 heavy (non-hydrogen) atoms. The molecule has 0 spiro atoms. The van der Waals surface area contributed by atoms with Gasteiger partial charge in [0.05, 0.1) is 23.3 Å². The smallest absolute Gasteiger partial charge is 0.262 e. The number of carbonyl (C=O) groups excluding carboxylic acids is 1. The molecule has 0 radical (unpaired) electrons. The van der Waals surface area contributed by atoms with Crippen LogP contribution in [0.3, 0.4) is 0 Å². The van der Waals surface area contributed by atoms with Crippen LogP contribution in [0.25, 0.3) is 10.9 Å². The standard InChI is InChI=1S/C17H23N3O3S/c1-4-9-20-16(22)13-7-5-6-8-14(13)19-17(20)24-11-15(21)18-12(2)10-23-3/h5-8,12H,4,9-11H2,1-3H3,(H,18,21). The molecule has 6 nitrogen and oxygen atoms in total. The summed E-state index contributed by atoms with van der Waals surface area (Å²) in [4.78, 5) is 29.2. The summed E-state index contributed by atoms with van der Waals surface area (Å²) in [5.74, 6) is 0.109. The van der Waals surface area contributed by atoms with Crippen LogP contribution in [0.5, 0.6) is 0 Å². The molecule has 0 fully saturated rings. The summed E-state index contributed by atoms with van der Waals surface area (Å²) >= 11 is 1.28. The Morgan fingerprint density at radius 3 is 2.88 bits per heavy atom. The minimum Gasteiger partial charge on any atom is -0.383 e. The van der Waals surface area contributed by atoms with Gasteiger partial charge in [-0.25, -0.2) is 4.98 Å². The molecule has 0 saturated heterocycles. The summed E-state index contributed by atoms with van der Waals surface area (Å²) in [7, 11) is 1.60. The van der Waals surface area contributed by atoms with Gasteiger partial charge in [-0.3, -0.25) is 14.2 Å². The number of methoxy groups -OCH3 is 1. The van der Waals surface area contributed by atoms with Crippen molar-refractivity contribution >= 4 is 28.6 Å². The van der Waals surface area contributed by atoms with Crippen LogP contribution < -0.4 is 10.9 Å². The predicted molar refractivity (Wildman–Crippen MR) is 96.5 cm³/mol. The molecule has 1 aromatic carbocycles. The largest absolute Gasteiger partial charge is 0.383 e. The van der Waals surface area contributed by atoms with Crippen LogP contribution in [-0.4, -0.2) is 41.0 Å². The highest BCUT2D eigenvalue weighted by atomic mass is 32.2. The molecule has 2 aromatic rings. The molecule has 1 N–H and O–H groups in total. The molecule has 2 rings (SSSR count). The number of rotatable bonds is 8. The molecule has 7 heteroatoms. The first kappa shape index (κ1) is 18.5. The zero-order valence-electron chi connectivity index (χ0n) is 14.2. The van der Waals surface area contributed by atoms with Crippen molar-refractivity contribution in [3.8, 4) is 0 Å². The molecule has 0 aliphatic heterocycles. The number of thioether (sulfide) groups is 1. The Labute approximate surface area is 145 Å². The summed E-state index contributed by atoms with van der Waals surface area (Å²) in [6.45, 7) is 4.94. The van der Waals surface area contributed by atoms with Gasteiger partial charge in [-0.2, -0.15) is 0 Å². The number of nitrogens with one attached hydrogen (secondary N) is 1. The van der Waals surface area contributed by atoms with E-state index in [-0.39, 0.29) is 23.3 Å². The highest BCUT2D eigenvalue weighted by Crippen LogP contribution is 2.18. The maximum atomic E-state index is 12.6. The molecular formula is C17H23N3O3S. The Morgan fingerprint density at radius 1 is 1.42 bits per heavy atom. The minimum absolute atomic E-state index is 0.0505. The van der Waals surface area contributed by atoms with E-state index in [0.29, 0.717) is 29.2 Å². The number of ether oxygens (including phenoxy) is 1. The van der Waals surface area contributed by atoms with E-state index in [1.165, 1.54) is 11.8 Å². The van der Waals surface area contributed by atoms with Crippen molar-refractivity contribution in [2.24, 2.45) is 0 Å². The molecule has 1 heterocycles. The Morgan fingerprint density at radius 2 is 2.17 bits per heavy atom. The van der Waals surface area contributed by atoms with Gasteiger partial charge in [0.2, 0.25) is 5.91 Å². The van der Waals surface area contributed by atoms with Gasteiger partial charge in [0, 0.05) is 19.7 Å². The van der Waals surface area contributed by atoms with Crippen molar-refractivity contribution in [3.63, 3.8) is 0 Å². The van der Waals surface area contributed by atoms with Crippen molar-refractivity contribution in [1.29, 1.82) is 0 Å². The van der Waals surface area contributed by atoms with Crippen molar-refractivity contribution in [3.05, 3.63) is 34.6 Å². The molecule has 1 unspecified atom stereocenters. The SMILES string of the molecule is CCCn1c(SCC(=O)NC(C)COC)nc2ccccc2c1=O. The third kappa shape index (κ3) is 4.58. The molecule has 0 bridgehead atoms. The van der Waals surface area contributed by atoms with Crippen molar-refractivity contribution < 1.29 is 9.53 Å². The van der Waals surface area contributed by atoms with Gasteiger partial charge in [0.25, 0.3) is 5.56 Å². The average molecular weight is 349 g/mol. The summed E-state index contributed by atoms with van der Waals surface area (Å²) in [5, 5.41) is 4.04. The van der Waals surface area contributed by atoms with Gasteiger partial charge < -0.3 is 10.1 Å². The molecule has 0 aliphatic rings. The maximum absolute atomic E-state index is 12.6. The number of para-hydroxylation sites is 1. The van der Waals surface area contributed by atoms with Crippen LogP contribution in [0.15, 0.2) is 34.2 Å². The Balaban J connectivity index is 2.20. The second-order valence-electron chi connectivity index (χ2n) is 5.58. The first-order valence-corrected chi connectivity index (χ1v) is 8.96. The topological polar surface area (TPSA) is 73.2 Å². The molecule has 1 amide bonds. The van der Waals surface area contributed by atoms with Crippen LogP contribution in [0, 0.1) is 0 Å². The van der Waals surface area contributed by atoms with E-state index in [9.17, 15) is 9.59 Å². The lowest BCUT2D eigenvalue weighted by atomic mass is 10.2. The number of nitrogens with zero attached hydrogens (tertiary/aromatic N) is 2. The first-order chi connectivity index (χ1) is 11.6. The highest BCUT2D eigenvalue weighted by molar-refractivity contribution is 7.99. The summed E-state index contributed by atoms with van der Waals surface area (Å²) in [6, 6.07) is 7.24. The molecule has 0 aliphatic carbocycles. The van der Waals surface area contributed by atoms with Crippen LogP contribution in [0.4, 0.5) is 0 Å². The Kier molecular flexibility index (Phi) is 6.81. The van der Waals surface area contributed by atoms with Crippen molar-refractivity contribution in [2.45, 2.75) is 38.0 Å². The summed E-state index contributed by atoms with van der Waals surface area (Å²) in [5.41, 5.74) is 0.601. The molecule has 1 atom stereocenters. The van der Waals surface area contributed by atoms with Crippen LogP contribution >= 0.6 is 11.8 Å². The zero-order chi connectivity index (χ0) is 17.5. The van der Waals surface area contributed by atoms with Gasteiger partial charge in [0.15, 0.2) is 5.16 Å². The summed E-state index contributed by atoms with van der Waals surface area (Å²) < 4.78 is 6.65. The van der Waals surface area contributed by atoms with Crippen molar-refractivity contribution in [2.75, 3.05) is 19.5 Å². The second-order valence-corrected chi connectivity index (χ2v) is 6.52. The van der Waals surface area contributed by atoms with Gasteiger partial charge in [0.1, 0.15) is 0 Å². The third-order valence-corrected chi connectivity index (χ3v) is 4.41. The van der Waals surface area contributed by atoms with Crippen molar-refractivity contribution in [1.82, 2.24) is 14.9 Å². The van der Waals surface area contributed by atoms with Crippen LogP contribution in [0.1, 0.15) is 20.3 Å². The van der Waals surface area contributed by atoms with E-state index in [1.54, 1.807) is 17.7 Å². The van der Waals surface area contributed by atoms with Gasteiger partial charge >= 0.3 is 0 Å². The van der Waals surface area contributed by atoms with E-state index < -0.39 is 0 Å². The van der Waals surface area contributed by atoms with E-state index in [4.69, 9.17) is 4.74 Å². The number of hydrogen-bond acceptors (Lipinski definition) is 5. The zero-order valence-corrected chi connectivity index (χ0v) is 15.1. The Hall–Kier alpha value is -1.86. The van der Waals surface area contributed by atoms with E-state index in [0.717, 1.165) is 6.42 Å². The van der Waals surface area contributed by atoms with Gasteiger partial charge in [-0.1, -0.05) is 30.8 Å². The lowest BCUT2D eigenvalue weighted by Gasteiger charge is -2.14. The summed E-state index contributed by atoms with van der Waals surface area (Å²) in [6.07, 6.45) is 0.824. The van der Waals surface area contributed by atoms with E-state index in [2.05, 4.69) is 10.3 Å². The number of hydrogen-bond donors (Lipinski definition) is 1. The molecule has 0 saturated carbocycles. The fraction of sp³-hybridized carbons (Fsp3) is 0.471. The first-order valence-electron chi connectivity index (χ1n) is 7.97. The second kappa shape index (κ2) is 8.84. The molecule has 1 aromatic heterocycles. The minimum atomic E-state index is -0.102. The van der Waals surface area contributed by atoms with Crippen LogP contribution in [-0.2, 0) is 16.1 Å². The fourth-order valence-electron chi connectivity index (χ4n) is 2.42. The van der Waals surface area contributed by atoms with Gasteiger partial charge in [-0.15, -0.1) is 0 Å². The van der Waals surface area contributed by atoms with Gasteiger partial charge in [-0.05, 0) is 25.5 Å². The number of benzene rings is 1. The number of fused-ring (bicyclic) bond motifs is 1. The van der Waals surface area contributed by atoms with E-state index >= 15 is 0 Å². The number of aromatic nitrogens is 2. The quantitative estimate of drug-likeness (QED) is 0.583. The number of carbonyl (C=O) groups is 1. The molecule has 130 valence electrons. The maximum Gasteiger partial charge on any atom is 0.262 e. The van der Waals surface area contributed by atoms with E-state index in [1.807, 2.05) is 32.0 Å². The highest BCUT2D eigenvalue weighted by Gasteiger charge is 2.13. The Bertz CT molecular complexity index is 760.